The number of piperidine rings is 1. The lowest BCUT2D eigenvalue weighted by Gasteiger charge is -2.30. The number of nitrogens with zero attached hydrogens (tertiary/aromatic N) is 3. The lowest BCUT2D eigenvalue weighted by molar-refractivity contribution is 0.0948. The van der Waals surface area contributed by atoms with Gasteiger partial charge in [-0.05, 0) is 56.5 Å². The monoisotopic (exact) mass is 431 g/mol. The smallest absolute Gasteiger partial charge is 0.286 e. The molecule has 3 rings (SSSR count). The number of rotatable bonds is 9. The molecular weight excluding hydrogens is 402 g/mol. The third-order valence-electron chi connectivity index (χ3n) is 4.99. The molecule has 2 N–H and O–H groups in total. The van der Waals surface area contributed by atoms with Gasteiger partial charge in [0, 0.05) is 31.5 Å². The number of ether oxygens (including phenoxy) is 1. The summed E-state index contributed by atoms with van der Waals surface area (Å²) in [6.45, 7) is 6.56. The molecular formula is C21H29N5O3S. The highest BCUT2D eigenvalue weighted by Crippen LogP contribution is 2.16. The Morgan fingerprint density at radius 2 is 2.17 bits per heavy atom. The van der Waals surface area contributed by atoms with E-state index >= 15 is 0 Å². The van der Waals surface area contributed by atoms with E-state index < -0.39 is 0 Å². The molecule has 1 saturated heterocycles. The SMILES string of the molecule is COCc1nnc(C(=O)Nc2cccc(C(=O)NCCCN3CCC[C@@H](C)C3)c2)s1. The van der Waals surface area contributed by atoms with Gasteiger partial charge in [0.15, 0.2) is 0 Å². The molecule has 9 heteroatoms. The summed E-state index contributed by atoms with van der Waals surface area (Å²) in [5.41, 5.74) is 1.05. The number of nitrogens with one attached hydrogen (secondary N) is 2. The standard InChI is InChI=1S/C21H29N5O3S/c1-15-6-4-10-26(13-15)11-5-9-22-19(27)16-7-3-8-17(12-16)23-20(28)21-25-24-18(30-21)14-29-2/h3,7-8,12,15H,4-6,9-11,13-14H2,1-2H3,(H,22,27)(H,23,28)/t15-/m1/s1. The zero-order valence-corrected chi connectivity index (χ0v) is 18.3. The first-order chi connectivity index (χ1) is 14.5. The number of aromatic nitrogens is 2. The van der Waals surface area contributed by atoms with Crippen LogP contribution in [0, 0.1) is 5.92 Å². The van der Waals surface area contributed by atoms with Crippen molar-refractivity contribution in [2.75, 3.05) is 38.6 Å². The second-order valence-electron chi connectivity index (χ2n) is 7.63. The average Bonchev–Trinajstić information content (AvgIpc) is 3.20. The molecule has 1 aromatic heterocycles. The molecule has 1 fully saturated rings. The molecule has 1 atom stereocenters. The second kappa shape index (κ2) is 11.1. The van der Waals surface area contributed by atoms with Crippen molar-refractivity contribution >= 4 is 28.8 Å². The first kappa shape index (κ1) is 22.3. The molecule has 0 bridgehead atoms. The van der Waals surface area contributed by atoms with E-state index in [0.29, 0.717) is 29.4 Å². The molecule has 0 spiro atoms. The van der Waals surface area contributed by atoms with E-state index in [1.165, 1.54) is 24.2 Å². The summed E-state index contributed by atoms with van der Waals surface area (Å²) in [4.78, 5) is 27.3. The number of anilines is 1. The van der Waals surface area contributed by atoms with Crippen LogP contribution in [0.3, 0.4) is 0 Å². The maximum atomic E-state index is 12.5. The molecule has 0 saturated carbocycles. The van der Waals surface area contributed by atoms with Crippen molar-refractivity contribution in [3.05, 3.63) is 39.8 Å². The van der Waals surface area contributed by atoms with Crippen LogP contribution in [0.15, 0.2) is 24.3 Å². The van der Waals surface area contributed by atoms with Gasteiger partial charge in [-0.15, -0.1) is 10.2 Å². The lowest BCUT2D eigenvalue weighted by atomic mass is 10.0. The van der Waals surface area contributed by atoms with Crippen molar-refractivity contribution < 1.29 is 14.3 Å². The molecule has 2 heterocycles. The Hall–Kier alpha value is -2.36. The molecule has 1 aliphatic heterocycles. The number of likely N-dealkylation sites (tertiary alicyclic amines) is 1. The van der Waals surface area contributed by atoms with Crippen LogP contribution in [0.5, 0.6) is 0 Å². The average molecular weight is 432 g/mol. The van der Waals surface area contributed by atoms with Crippen LogP contribution in [0.25, 0.3) is 0 Å². The summed E-state index contributed by atoms with van der Waals surface area (Å²) < 4.78 is 4.99. The topological polar surface area (TPSA) is 96.5 Å². The van der Waals surface area contributed by atoms with Gasteiger partial charge in [0.2, 0.25) is 5.01 Å². The number of amides is 2. The first-order valence-electron chi connectivity index (χ1n) is 10.3. The second-order valence-corrected chi connectivity index (χ2v) is 8.69. The Labute approximate surface area is 181 Å². The third-order valence-corrected chi connectivity index (χ3v) is 5.88. The lowest BCUT2D eigenvalue weighted by Crippen LogP contribution is -2.36. The van der Waals surface area contributed by atoms with Crippen LogP contribution in [0.4, 0.5) is 5.69 Å². The molecule has 0 radical (unpaired) electrons. The van der Waals surface area contributed by atoms with E-state index in [2.05, 4.69) is 32.7 Å². The van der Waals surface area contributed by atoms with Crippen molar-refractivity contribution in [1.82, 2.24) is 20.4 Å². The zero-order chi connectivity index (χ0) is 21.3. The van der Waals surface area contributed by atoms with Crippen LogP contribution < -0.4 is 10.6 Å². The first-order valence-corrected chi connectivity index (χ1v) is 11.1. The Bertz CT molecular complexity index is 857. The van der Waals surface area contributed by atoms with Gasteiger partial charge in [0.1, 0.15) is 5.01 Å². The van der Waals surface area contributed by atoms with Gasteiger partial charge in [0.05, 0.1) is 6.61 Å². The quantitative estimate of drug-likeness (QED) is 0.593. The van der Waals surface area contributed by atoms with Gasteiger partial charge < -0.3 is 20.3 Å². The van der Waals surface area contributed by atoms with Crippen LogP contribution in [-0.2, 0) is 11.3 Å². The zero-order valence-electron chi connectivity index (χ0n) is 17.5. The van der Waals surface area contributed by atoms with E-state index in [1.54, 1.807) is 31.4 Å². The van der Waals surface area contributed by atoms with E-state index in [1.807, 2.05) is 0 Å². The molecule has 0 aliphatic carbocycles. The predicted molar refractivity (Wildman–Crippen MR) is 117 cm³/mol. The van der Waals surface area contributed by atoms with Crippen molar-refractivity contribution in [3.63, 3.8) is 0 Å². The fourth-order valence-corrected chi connectivity index (χ4v) is 4.25. The normalized spacial score (nSPS) is 16.9. The summed E-state index contributed by atoms with van der Waals surface area (Å²) in [6, 6.07) is 6.88. The number of carbonyl (C=O) groups excluding carboxylic acids is 2. The maximum Gasteiger partial charge on any atom is 0.286 e. The summed E-state index contributed by atoms with van der Waals surface area (Å²) in [7, 11) is 1.56. The van der Waals surface area contributed by atoms with Gasteiger partial charge in [-0.3, -0.25) is 9.59 Å². The van der Waals surface area contributed by atoms with Gasteiger partial charge in [-0.25, -0.2) is 0 Å². The molecule has 8 nitrogen and oxygen atoms in total. The van der Waals surface area contributed by atoms with Crippen molar-refractivity contribution in [2.24, 2.45) is 5.92 Å². The minimum atomic E-state index is -0.358. The third kappa shape index (κ3) is 6.58. The van der Waals surface area contributed by atoms with E-state index in [0.717, 1.165) is 32.0 Å². The molecule has 1 aromatic carbocycles. The Morgan fingerprint density at radius 1 is 1.30 bits per heavy atom. The summed E-state index contributed by atoms with van der Waals surface area (Å²) >= 11 is 1.18. The van der Waals surface area contributed by atoms with Crippen molar-refractivity contribution in [1.29, 1.82) is 0 Å². The molecule has 1 aliphatic rings. The van der Waals surface area contributed by atoms with E-state index in [4.69, 9.17) is 4.74 Å². The summed E-state index contributed by atoms with van der Waals surface area (Å²) in [5, 5.41) is 14.4. The van der Waals surface area contributed by atoms with Crippen molar-refractivity contribution in [2.45, 2.75) is 32.8 Å². The summed E-state index contributed by atoms with van der Waals surface area (Å²) in [5.74, 6) is 0.262. The van der Waals surface area contributed by atoms with Gasteiger partial charge in [-0.1, -0.05) is 24.3 Å². The molecule has 2 amide bonds. The highest BCUT2D eigenvalue weighted by Gasteiger charge is 2.16. The van der Waals surface area contributed by atoms with Crippen LogP contribution in [0.2, 0.25) is 0 Å². The van der Waals surface area contributed by atoms with Crippen molar-refractivity contribution in [3.8, 4) is 0 Å². The largest absolute Gasteiger partial charge is 0.377 e. The fourth-order valence-electron chi connectivity index (χ4n) is 3.55. The molecule has 2 aromatic rings. The number of carbonyl (C=O) groups is 2. The van der Waals surface area contributed by atoms with E-state index in [9.17, 15) is 9.59 Å². The minimum Gasteiger partial charge on any atom is -0.377 e. The van der Waals surface area contributed by atoms with Gasteiger partial charge >= 0.3 is 0 Å². The number of hydrogen-bond acceptors (Lipinski definition) is 7. The van der Waals surface area contributed by atoms with Crippen LogP contribution >= 0.6 is 11.3 Å². The molecule has 0 unspecified atom stereocenters. The number of methoxy groups -OCH3 is 1. The van der Waals surface area contributed by atoms with Gasteiger partial charge in [0.25, 0.3) is 11.8 Å². The Morgan fingerprint density at radius 3 is 2.97 bits per heavy atom. The molecule has 30 heavy (non-hydrogen) atoms. The summed E-state index contributed by atoms with van der Waals surface area (Å²) in [6.07, 6.45) is 3.50. The Kier molecular flexibility index (Phi) is 8.30. The highest BCUT2D eigenvalue weighted by atomic mass is 32.1. The highest BCUT2D eigenvalue weighted by molar-refractivity contribution is 7.13. The fraction of sp³-hybridized carbons (Fsp3) is 0.524. The number of benzene rings is 1. The van der Waals surface area contributed by atoms with Gasteiger partial charge in [-0.2, -0.15) is 0 Å². The minimum absolute atomic E-state index is 0.142. The van der Waals surface area contributed by atoms with Crippen LogP contribution in [0.1, 0.15) is 51.4 Å². The molecule has 162 valence electrons. The van der Waals surface area contributed by atoms with Crippen LogP contribution in [-0.4, -0.2) is 60.2 Å². The maximum absolute atomic E-state index is 12.5. The van der Waals surface area contributed by atoms with E-state index in [-0.39, 0.29) is 16.8 Å². The number of hydrogen-bond donors (Lipinski definition) is 2. The Balaban J connectivity index is 1.46. The predicted octanol–water partition coefficient (Wildman–Crippen LogP) is 2.79.